The molecule has 2 rings (SSSR count). The highest BCUT2D eigenvalue weighted by atomic mass is 79.9. The number of anilines is 1. The average molecular weight is 304 g/mol. The highest BCUT2D eigenvalue weighted by Crippen LogP contribution is 2.23. The Morgan fingerprint density at radius 1 is 1.71 bits per heavy atom. The second-order valence-corrected chi connectivity index (χ2v) is 4.82. The van der Waals surface area contributed by atoms with Gasteiger partial charge in [-0.05, 0) is 22.9 Å². The number of morpholine rings is 1. The van der Waals surface area contributed by atoms with Crippen LogP contribution in [0.1, 0.15) is 6.92 Å². The van der Waals surface area contributed by atoms with Crippen LogP contribution in [0.5, 0.6) is 0 Å². The number of aromatic amines is 1. The van der Waals surface area contributed by atoms with Crippen LogP contribution in [0.4, 0.5) is 5.82 Å². The number of halogens is 1. The van der Waals surface area contributed by atoms with E-state index < -0.39 is 0 Å². The Hall–Kier alpha value is -0.920. The van der Waals surface area contributed by atoms with Crippen LogP contribution >= 0.6 is 15.9 Å². The van der Waals surface area contributed by atoms with Crippen molar-refractivity contribution in [2.75, 3.05) is 24.6 Å². The molecule has 0 aromatic carbocycles. The molecule has 17 heavy (non-hydrogen) atoms. The van der Waals surface area contributed by atoms with Gasteiger partial charge in [0.1, 0.15) is 4.47 Å². The minimum atomic E-state index is -0.244. The monoisotopic (exact) mass is 303 g/mol. The van der Waals surface area contributed by atoms with Crippen LogP contribution in [-0.4, -0.2) is 47.0 Å². The van der Waals surface area contributed by atoms with Crippen LogP contribution in [0.3, 0.4) is 0 Å². The third-order valence-electron chi connectivity index (χ3n) is 2.61. The van der Waals surface area contributed by atoms with Crippen molar-refractivity contribution in [3.05, 3.63) is 21.2 Å². The molecule has 0 spiro atoms. The molecule has 0 saturated carbocycles. The zero-order chi connectivity index (χ0) is 12.4. The molecule has 2 N–H and O–H groups in total. The number of hydrogen-bond donors (Lipinski definition) is 2. The molecule has 0 aliphatic carbocycles. The first-order valence-corrected chi connectivity index (χ1v) is 6.15. The van der Waals surface area contributed by atoms with Gasteiger partial charge in [0.2, 0.25) is 0 Å². The van der Waals surface area contributed by atoms with Gasteiger partial charge in [-0.2, -0.15) is 0 Å². The van der Waals surface area contributed by atoms with Gasteiger partial charge in [-0.3, -0.25) is 4.79 Å². The first-order chi connectivity index (χ1) is 8.11. The molecule has 2 atom stereocenters. The van der Waals surface area contributed by atoms with Crippen molar-refractivity contribution in [1.82, 2.24) is 9.97 Å². The predicted molar refractivity (Wildman–Crippen MR) is 66.2 cm³/mol. The zero-order valence-corrected chi connectivity index (χ0v) is 11.0. The molecule has 0 radical (unpaired) electrons. The molecule has 1 aromatic heterocycles. The standard InChI is InChI=1S/C10H14BrN3O3/c1-6-2-14(3-7(4-15)17-6)9-8(11)10(16)13-5-12-9/h5-7,15H,2-4H2,1H3,(H,12,13,16). The molecular formula is C10H14BrN3O3. The number of nitrogens with zero attached hydrogens (tertiary/aromatic N) is 2. The summed E-state index contributed by atoms with van der Waals surface area (Å²) in [7, 11) is 0. The van der Waals surface area contributed by atoms with Gasteiger partial charge in [0.25, 0.3) is 5.56 Å². The van der Waals surface area contributed by atoms with Gasteiger partial charge in [0, 0.05) is 13.1 Å². The summed E-state index contributed by atoms with van der Waals surface area (Å²) in [6, 6.07) is 0. The lowest BCUT2D eigenvalue weighted by Crippen LogP contribution is -2.48. The van der Waals surface area contributed by atoms with Crippen LogP contribution in [0.25, 0.3) is 0 Å². The Bertz CT molecular complexity index is 451. The third kappa shape index (κ3) is 2.67. The molecular weight excluding hydrogens is 290 g/mol. The predicted octanol–water partition coefficient (Wildman–Crippen LogP) is 0.118. The molecule has 0 bridgehead atoms. The number of H-pyrrole nitrogens is 1. The number of hydrogen-bond acceptors (Lipinski definition) is 5. The average Bonchev–Trinajstić information content (AvgIpc) is 2.31. The summed E-state index contributed by atoms with van der Waals surface area (Å²) < 4.78 is 5.94. The summed E-state index contributed by atoms with van der Waals surface area (Å²) >= 11 is 3.23. The molecule has 1 aliphatic heterocycles. The fourth-order valence-corrected chi connectivity index (χ4v) is 2.38. The number of nitrogens with one attached hydrogen (secondary N) is 1. The Morgan fingerprint density at radius 2 is 2.47 bits per heavy atom. The van der Waals surface area contributed by atoms with Crippen LogP contribution in [0.15, 0.2) is 15.6 Å². The fraction of sp³-hybridized carbons (Fsp3) is 0.600. The van der Waals surface area contributed by atoms with E-state index in [9.17, 15) is 4.79 Å². The fourth-order valence-electron chi connectivity index (χ4n) is 1.91. The van der Waals surface area contributed by atoms with Crippen molar-refractivity contribution in [3.63, 3.8) is 0 Å². The van der Waals surface area contributed by atoms with Crippen molar-refractivity contribution < 1.29 is 9.84 Å². The molecule has 1 fully saturated rings. The molecule has 6 nitrogen and oxygen atoms in total. The van der Waals surface area contributed by atoms with E-state index in [-0.39, 0.29) is 24.4 Å². The maximum absolute atomic E-state index is 11.5. The highest BCUT2D eigenvalue weighted by molar-refractivity contribution is 9.10. The number of aromatic nitrogens is 2. The lowest BCUT2D eigenvalue weighted by Gasteiger charge is -2.36. The van der Waals surface area contributed by atoms with Crippen molar-refractivity contribution in [2.24, 2.45) is 0 Å². The van der Waals surface area contributed by atoms with E-state index in [2.05, 4.69) is 25.9 Å². The zero-order valence-electron chi connectivity index (χ0n) is 9.39. The van der Waals surface area contributed by atoms with E-state index in [1.165, 1.54) is 6.33 Å². The minimum absolute atomic E-state index is 0.00566. The number of ether oxygens (including phenoxy) is 1. The second-order valence-electron chi connectivity index (χ2n) is 4.03. The maximum Gasteiger partial charge on any atom is 0.267 e. The Morgan fingerprint density at radius 3 is 3.18 bits per heavy atom. The molecule has 1 aliphatic rings. The van der Waals surface area contributed by atoms with E-state index >= 15 is 0 Å². The first kappa shape index (κ1) is 12.5. The van der Waals surface area contributed by atoms with Gasteiger partial charge >= 0.3 is 0 Å². The Balaban J connectivity index is 2.27. The third-order valence-corrected chi connectivity index (χ3v) is 3.32. The number of rotatable bonds is 2. The quantitative estimate of drug-likeness (QED) is 0.811. The van der Waals surface area contributed by atoms with E-state index in [0.29, 0.717) is 23.4 Å². The summed E-state index contributed by atoms with van der Waals surface area (Å²) in [5.74, 6) is 0.586. The molecule has 0 amide bonds. The largest absolute Gasteiger partial charge is 0.394 e. The van der Waals surface area contributed by atoms with Crippen molar-refractivity contribution in [2.45, 2.75) is 19.1 Å². The highest BCUT2D eigenvalue weighted by Gasteiger charge is 2.27. The van der Waals surface area contributed by atoms with Gasteiger partial charge < -0.3 is 19.7 Å². The second kappa shape index (κ2) is 5.16. The molecule has 1 saturated heterocycles. The SMILES string of the molecule is CC1CN(c2nc[nH]c(=O)c2Br)CC(CO)O1. The van der Waals surface area contributed by atoms with Gasteiger partial charge in [0.05, 0.1) is 25.1 Å². The Kier molecular flexibility index (Phi) is 3.80. The minimum Gasteiger partial charge on any atom is -0.394 e. The van der Waals surface area contributed by atoms with Crippen molar-refractivity contribution >= 4 is 21.7 Å². The van der Waals surface area contributed by atoms with Gasteiger partial charge in [-0.15, -0.1) is 0 Å². The summed E-state index contributed by atoms with van der Waals surface area (Å²) in [6.07, 6.45) is 1.12. The van der Waals surface area contributed by atoms with E-state index in [4.69, 9.17) is 9.84 Å². The lowest BCUT2D eigenvalue weighted by atomic mass is 10.2. The lowest BCUT2D eigenvalue weighted by molar-refractivity contribution is -0.0423. The summed E-state index contributed by atoms with van der Waals surface area (Å²) in [4.78, 5) is 20.1. The topological polar surface area (TPSA) is 78.5 Å². The van der Waals surface area contributed by atoms with Gasteiger partial charge in [0.15, 0.2) is 5.82 Å². The summed E-state index contributed by atoms with van der Waals surface area (Å²) in [6.45, 7) is 3.05. The molecule has 2 heterocycles. The Labute approximate surface area is 107 Å². The van der Waals surface area contributed by atoms with Crippen molar-refractivity contribution in [1.29, 1.82) is 0 Å². The van der Waals surface area contributed by atoms with E-state index in [1.54, 1.807) is 0 Å². The molecule has 7 heteroatoms. The van der Waals surface area contributed by atoms with Crippen LogP contribution in [0.2, 0.25) is 0 Å². The number of aliphatic hydroxyl groups is 1. The van der Waals surface area contributed by atoms with E-state index in [1.807, 2.05) is 11.8 Å². The number of aliphatic hydroxyl groups excluding tert-OH is 1. The summed E-state index contributed by atoms with van der Waals surface area (Å²) in [5.41, 5.74) is -0.213. The van der Waals surface area contributed by atoms with Crippen LogP contribution in [0, 0.1) is 0 Å². The van der Waals surface area contributed by atoms with Crippen LogP contribution < -0.4 is 10.5 Å². The molecule has 94 valence electrons. The van der Waals surface area contributed by atoms with Gasteiger partial charge in [-0.1, -0.05) is 0 Å². The maximum atomic E-state index is 11.5. The normalized spacial score (nSPS) is 25.0. The smallest absolute Gasteiger partial charge is 0.267 e. The molecule has 1 aromatic rings. The van der Waals surface area contributed by atoms with E-state index in [0.717, 1.165) is 0 Å². The van der Waals surface area contributed by atoms with Crippen LogP contribution in [-0.2, 0) is 4.74 Å². The van der Waals surface area contributed by atoms with Crippen molar-refractivity contribution in [3.8, 4) is 0 Å². The van der Waals surface area contributed by atoms with Gasteiger partial charge in [-0.25, -0.2) is 4.98 Å². The summed E-state index contributed by atoms with van der Waals surface area (Å²) in [5, 5.41) is 9.15. The molecule has 2 unspecified atom stereocenters. The first-order valence-electron chi connectivity index (χ1n) is 5.36.